The zero-order chi connectivity index (χ0) is 15.6. The summed E-state index contributed by atoms with van der Waals surface area (Å²) in [6.45, 7) is 5.41. The first-order valence-corrected chi connectivity index (χ1v) is 7.45. The Morgan fingerprint density at radius 2 is 1.90 bits per heavy atom. The zero-order valence-corrected chi connectivity index (χ0v) is 12.5. The Kier molecular flexibility index (Phi) is 4.69. The first kappa shape index (κ1) is 15.6. The van der Waals surface area contributed by atoms with Gasteiger partial charge in [-0.3, -0.25) is 9.69 Å². The summed E-state index contributed by atoms with van der Waals surface area (Å²) < 4.78 is 0. The highest BCUT2D eigenvalue weighted by Gasteiger charge is 2.38. The van der Waals surface area contributed by atoms with E-state index in [4.69, 9.17) is 0 Å². The summed E-state index contributed by atoms with van der Waals surface area (Å²) in [4.78, 5) is 38.0. The van der Waals surface area contributed by atoms with Gasteiger partial charge >= 0.3 is 12.0 Å². The monoisotopic (exact) mass is 297 g/mol. The first-order valence-electron chi connectivity index (χ1n) is 7.45. The molecule has 3 amide bonds. The molecule has 0 radical (unpaired) electrons. The fourth-order valence-electron chi connectivity index (χ4n) is 3.00. The van der Waals surface area contributed by atoms with Gasteiger partial charge in [-0.2, -0.15) is 0 Å². The number of aliphatic carboxylic acids is 1. The van der Waals surface area contributed by atoms with Crippen LogP contribution in [-0.2, 0) is 9.59 Å². The fraction of sp³-hybridized carbons (Fsp3) is 0.786. The predicted octanol–water partition coefficient (Wildman–Crippen LogP) is 0.359. The molecule has 2 aliphatic heterocycles. The number of piperidine rings is 1. The molecule has 7 heteroatoms. The molecule has 0 aliphatic carbocycles. The lowest BCUT2D eigenvalue weighted by Crippen LogP contribution is -2.62. The summed E-state index contributed by atoms with van der Waals surface area (Å²) in [6, 6.07) is -1.31. The number of hydrogen-bond donors (Lipinski definition) is 2. The SMILES string of the molecule is CC(C)C1CCN(C(=O)N2CC(=O)NCC2C(=O)O)CC1. The lowest BCUT2D eigenvalue weighted by atomic mass is 9.87. The van der Waals surface area contributed by atoms with Crippen LogP contribution in [0.2, 0.25) is 0 Å². The summed E-state index contributed by atoms with van der Waals surface area (Å²) in [6.07, 6.45) is 1.86. The first-order chi connectivity index (χ1) is 9.90. The Morgan fingerprint density at radius 3 is 2.43 bits per heavy atom. The molecular weight excluding hydrogens is 274 g/mol. The van der Waals surface area contributed by atoms with Gasteiger partial charge in [0.1, 0.15) is 12.6 Å². The van der Waals surface area contributed by atoms with E-state index in [-0.39, 0.29) is 25.0 Å². The number of hydrogen-bond acceptors (Lipinski definition) is 3. The Hall–Kier alpha value is -1.79. The van der Waals surface area contributed by atoms with Crippen molar-refractivity contribution in [2.75, 3.05) is 26.2 Å². The van der Waals surface area contributed by atoms with Crippen LogP contribution in [0.1, 0.15) is 26.7 Å². The van der Waals surface area contributed by atoms with E-state index in [1.165, 1.54) is 4.90 Å². The Morgan fingerprint density at radius 1 is 1.29 bits per heavy atom. The van der Waals surface area contributed by atoms with Gasteiger partial charge in [0.2, 0.25) is 5.91 Å². The quantitative estimate of drug-likeness (QED) is 0.770. The molecular formula is C14H23N3O4. The highest BCUT2D eigenvalue weighted by Crippen LogP contribution is 2.25. The second-order valence-electron chi connectivity index (χ2n) is 6.14. The van der Waals surface area contributed by atoms with E-state index in [1.54, 1.807) is 4.90 Å². The van der Waals surface area contributed by atoms with Crippen molar-refractivity contribution in [3.8, 4) is 0 Å². The normalized spacial score (nSPS) is 24.1. The highest BCUT2D eigenvalue weighted by atomic mass is 16.4. The van der Waals surface area contributed by atoms with Gasteiger partial charge in [0, 0.05) is 19.6 Å². The molecule has 0 aromatic heterocycles. The number of nitrogens with zero attached hydrogens (tertiary/aromatic N) is 2. The van der Waals surface area contributed by atoms with Gasteiger partial charge in [-0.1, -0.05) is 13.8 Å². The molecule has 1 atom stereocenters. The van der Waals surface area contributed by atoms with Crippen molar-refractivity contribution in [3.63, 3.8) is 0 Å². The number of carboxylic acids is 1. The minimum absolute atomic E-state index is 0.0254. The smallest absolute Gasteiger partial charge is 0.328 e. The maximum Gasteiger partial charge on any atom is 0.328 e. The Bertz CT molecular complexity index is 430. The van der Waals surface area contributed by atoms with Crippen LogP contribution in [0.15, 0.2) is 0 Å². The highest BCUT2D eigenvalue weighted by molar-refractivity contribution is 5.90. The number of urea groups is 1. The van der Waals surface area contributed by atoms with Crippen molar-refractivity contribution in [2.24, 2.45) is 11.8 Å². The van der Waals surface area contributed by atoms with Gasteiger partial charge in [-0.15, -0.1) is 0 Å². The van der Waals surface area contributed by atoms with Crippen LogP contribution in [0.25, 0.3) is 0 Å². The van der Waals surface area contributed by atoms with E-state index in [0.717, 1.165) is 12.8 Å². The summed E-state index contributed by atoms with van der Waals surface area (Å²) in [5, 5.41) is 11.7. The van der Waals surface area contributed by atoms with Crippen LogP contribution in [0.5, 0.6) is 0 Å². The van der Waals surface area contributed by atoms with Crippen LogP contribution in [0.4, 0.5) is 4.79 Å². The topological polar surface area (TPSA) is 90.0 Å². The van der Waals surface area contributed by atoms with Gasteiger partial charge in [0.05, 0.1) is 0 Å². The number of rotatable bonds is 2. The van der Waals surface area contributed by atoms with Crippen LogP contribution >= 0.6 is 0 Å². The molecule has 2 saturated heterocycles. The number of carbonyl (C=O) groups excluding carboxylic acids is 2. The summed E-state index contributed by atoms with van der Waals surface area (Å²) in [5.41, 5.74) is 0. The minimum Gasteiger partial charge on any atom is -0.480 e. The average molecular weight is 297 g/mol. The molecule has 2 rings (SSSR count). The van der Waals surface area contributed by atoms with E-state index in [2.05, 4.69) is 19.2 Å². The van der Waals surface area contributed by atoms with E-state index in [0.29, 0.717) is 24.9 Å². The molecule has 0 spiro atoms. The average Bonchev–Trinajstić information content (AvgIpc) is 2.46. The predicted molar refractivity (Wildman–Crippen MR) is 75.7 cm³/mol. The van der Waals surface area contributed by atoms with Crippen molar-refractivity contribution in [2.45, 2.75) is 32.7 Å². The molecule has 1 unspecified atom stereocenters. The van der Waals surface area contributed by atoms with E-state index < -0.39 is 12.0 Å². The molecule has 2 heterocycles. The van der Waals surface area contributed by atoms with Crippen molar-refractivity contribution in [1.82, 2.24) is 15.1 Å². The van der Waals surface area contributed by atoms with Crippen LogP contribution in [-0.4, -0.2) is 65.0 Å². The van der Waals surface area contributed by atoms with Crippen LogP contribution in [0.3, 0.4) is 0 Å². The van der Waals surface area contributed by atoms with Gasteiger partial charge < -0.3 is 15.3 Å². The summed E-state index contributed by atoms with van der Waals surface area (Å²) >= 11 is 0. The lowest BCUT2D eigenvalue weighted by Gasteiger charge is -2.40. The summed E-state index contributed by atoms with van der Waals surface area (Å²) in [5.74, 6) is -0.193. The third-order valence-electron chi connectivity index (χ3n) is 4.47. The number of nitrogens with one attached hydrogen (secondary N) is 1. The van der Waals surface area contributed by atoms with Gasteiger partial charge in [-0.05, 0) is 24.7 Å². The molecule has 7 nitrogen and oxygen atoms in total. The van der Waals surface area contributed by atoms with Crippen LogP contribution < -0.4 is 5.32 Å². The molecule has 0 aromatic carbocycles. The Labute approximate surface area is 124 Å². The molecule has 2 aliphatic rings. The maximum atomic E-state index is 12.5. The number of likely N-dealkylation sites (tertiary alicyclic amines) is 1. The van der Waals surface area contributed by atoms with Crippen molar-refractivity contribution < 1.29 is 19.5 Å². The van der Waals surface area contributed by atoms with Crippen LogP contribution in [0, 0.1) is 11.8 Å². The third kappa shape index (κ3) is 3.46. The molecule has 0 aromatic rings. The molecule has 21 heavy (non-hydrogen) atoms. The second kappa shape index (κ2) is 6.32. The number of carbonyl (C=O) groups is 3. The standard InChI is InChI=1S/C14H23N3O4/c1-9(2)10-3-5-16(6-4-10)14(21)17-8-12(18)15-7-11(17)13(19)20/h9-11H,3-8H2,1-2H3,(H,15,18)(H,19,20). The van der Waals surface area contributed by atoms with Gasteiger partial charge in [-0.25, -0.2) is 9.59 Å². The molecule has 0 bridgehead atoms. The molecule has 2 fully saturated rings. The van der Waals surface area contributed by atoms with Crippen molar-refractivity contribution in [1.29, 1.82) is 0 Å². The largest absolute Gasteiger partial charge is 0.480 e. The molecule has 2 N–H and O–H groups in total. The van der Waals surface area contributed by atoms with E-state index in [9.17, 15) is 19.5 Å². The fourth-order valence-corrected chi connectivity index (χ4v) is 3.00. The lowest BCUT2D eigenvalue weighted by molar-refractivity contribution is -0.144. The molecule has 118 valence electrons. The van der Waals surface area contributed by atoms with E-state index in [1.807, 2.05) is 0 Å². The molecule has 0 saturated carbocycles. The minimum atomic E-state index is -1.08. The Balaban J connectivity index is 2.01. The third-order valence-corrected chi connectivity index (χ3v) is 4.47. The number of amides is 3. The van der Waals surface area contributed by atoms with Crippen molar-refractivity contribution >= 4 is 17.9 Å². The summed E-state index contributed by atoms with van der Waals surface area (Å²) in [7, 11) is 0. The number of piperazine rings is 1. The number of carboxylic acid groups (broad SMARTS) is 1. The van der Waals surface area contributed by atoms with Gasteiger partial charge in [0.25, 0.3) is 0 Å². The second-order valence-corrected chi connectivity index (χ2v) is 6.14. The van der Waals surface area contributed by atoms with Crippen molar-refractivity contribution in [3.05, 3.63) is 0 Å². The zero-order valence-electron chi connectivity index (χ0n) is 12.5. The van der Waals surface area contributed by atoms with Gasteiger partial charge in [0.15, 0.2) is 0 Å². The van der Waals surface area contributed by atoms with E-state index >= 15 is 0 Å². The maximum absolute atomic E-state index is 12.5.